The number of nitrogens with zero attached hydrogens (tertiary/aromatic N) is 4. The maximum atomic E-state index is 15.2. The van der Waals surface area contributed by atoms with Crippen LogP contribution in [0.5, 0.6) is 5.75 Å². The second-order valence-electron chi connectivity index (χ2n) is 9.48. The molecule has 11 heteroatoms. The molecule has 0 unspecified atom stereocenters. The third kappa shape index (κ3) is 4.34. The molecule has 0 radical (unpaired) electrons. The number of amides is 2. The summed E-state index contributed by atoms with van der Waals surface area (Å²) in [5.74, 6) is -0.384. The van der Waals surface area contributed by atoms with Gasteiger partial charge in [-0.15, -0.1) is 0 Å². The normalized spacial score (nSPS) is 15.0. The molecule has 186 valence electrons. The minimum atomic E-state index is -0.732. The Kier molecular flexibility index (Phi) is 5.82. The van der Waals surface area contributed by atoms with Crippen LogP contribution in [0, 0.1) is 5.82 Å². The Labute approximate surface area is 214 Å². The smallest absolute Gasteiger partial charge is 0.413 e. The fourth-order valence-electron chi connectivity index (χ4n) is 4.15. The highest BCUT2D eigenvalue weighted by Gasteiger charge is 2.32. The molecular formula is C25H23BrFN5O4. The zero-order valence-corrected chi connectivity index (χ0v) is 21.6. The first-order valence-corrected chi connectivity index (χ1v) is 12.0. The Bertz CT molecular complexity index is 1530. The molecule has 1 aliphatic rings. The second-order valence-corrected chi connectivity index (χ2v) is 10.4. The van der Waals surface area contributed by atoms with E-state index in [1.165, 1.54) is 29.6 Å². The maximum absolute atomic E-state index is 15.2. The van der Waals surface area contributed by atoms with Crippen LogP contribution in [0.1, 0.15) is 42.7 Å². The van der Waals surface area contributed by atoms with Crippen LogP contribution in [0.2, 0.25) is 0 Å². The molecule has 0 saturated carbocycles. The van der Waals surface area contributed by atoms with E-state index >= 15 is 4.39 Å². The van der Waals surface area contributed by atoms with E-state index in [4.69, 9.17) is 9.47 Å². The van der Waals surface area contributed by atoms with Crippen LogP contribution >= 0.6 is 15.9 Å². The Morgan fingerprint density at radius 3 is 2.78 bits per heavy atom. The van der Waals surface area contributed by atoms with E-state index in [9.17, 15) is 9.59 Å². The summed E-state index contributed by atoms with van der Waals surface area (Å²) in [5.41, 5.74) is 1.21. The number of halogens is 2. The number of carbonyl (C=O) groups excluding carboxylic acids is 2. The predicted molar refractivity (Wildman–Crippen MR) is 135 cm³/mol. The lowest BCUT2D eigenvalue weighted by atomic mass is 10.1. The number of carbonyl (C=O) groups is 2. The number of hydrogen-bond donors (Lipinski definition) is 1. The highest BCUT2D eigenvalue weighted by Crippen LogP contribution is 2.38. The summed E-state index contributed by atoms with van der Waals surface area (Å²) in [6.45, 7) is 5.51. The van der Waals surface area contributed by atoms with Crippen molar-refractivity contribution in [3.63, 3.8) is 0 Å². The molecule has 3 heterocycles. The molecule has 0 aliphatic carbocycles. The number of hydrogen-bond acceptors (Lipinski definition) is 6. The first-order chi connectivity index (χ1) is 17.0. The molecule has 2 aromatic heterocycles. The van der Waals surface area contributed by atoms with Crippen LogP contribution in [-0.4, -0.2) is 50.5 Å². The van der Waals surface area contributed by atoms with Crippen molar-refractivity contribution < 1.29 is 23.5 Å². The second kappa shape index (κ2) is 8.74. The molecule has 4 aromatic rings. The lowest BCUT2D eigenvalue weighted by Crippen LogP contribution is -2.32. The van der Waals surface area contributed by atoms with Crippen molar-refractivity contribution in [3.8, 4) is 5.75 Å². The highest BCUT2D eigenvalue weighted by atomic mass is 79.9. The van der Waals surface area contributed by atoms with Gasteiger partial charge in [0.25, 0.3) is 5.91 Å². The van der Waals surface area contributed by atoms with Crippen molar-refractivity contribution in [1.29, 1.82) is 0 Å². The molecule has 36 heavy (non-hydrogen) atoms. The van der Waals surface area contributed by atoms with Gasteiger partial charge in [0, 0.05) is 23.2 Å². The number of rotatable bonds is 3. The average molecular weight is 556 g/mol. The number of benzene rings is 2. The first kappa shape index (κ1) is 24.0. The maximum Gasteiger partial charge on any atom is 0.413 e. The number of likely N-dealkylation sites (N-methyl/N-ethyl adjacent to an activating group) is 1. The Balaban J connectivity index is 1.51. The quantitative estimate of drug-likeness (QED) is 0.366. The van der Waals surface area contributed by atoms with Crippen molar-refractivity contribution in [1.82, 2.24) is 19.3 Å². The minimum absolute atomic E-state index is 0.111. The van der Waals surface area contributed by atoms with Gasteiger partial charge >= 0.3 is 6.09 Å². The number of anilines is 1. The van der Waals surface area contributed by atoms with Gasteiger partial charge in [-0.1, -0.05) is 22.0 Å². The van der Waals surface area contributed by atoms with Crippen LogP contribution in [0.3, 0.4) is 0 Å². The topological polar surface area (TPSA) is 98.1 Å². The van der Waals surface area contributed by atoms with Crippen molar-refractivity contribution in [2.75, 3.05) is 19.0 Å². The third-order valence-corrected chi connectivity index (χ3v) is 6.30. The van der Waals surface area contributed by atoms with Crippen LogP contribution in [0.4, 0.5) is 15.0 Å². The largest absolute Gasteiger partial charge is 0.491 e. The standard InChI is InChI=1S/C25H23BrFN5O4/c1-25(2,3)36-24(34)30-22-19-10-28-12-32(19)18-8-15(16(27)9-17(18)29-22)23(33)31(4)20-11-35-21-7-13(26)5-6-14(20)21/h5-10,12,20H,11H2,1-4H3,(H,29,30,34)/t20-/m1/s1. The Morgan fingerprint density at radius 2 is 2.03 bits per heavy atom. The summed E-state index contributed by atoms with van der Waals surface area (Å²) in [6, 6.07) is 7.86. The van der Waals surface area contributed by atoms with Gasteiger partial charge in [-0.05, 0) is 39.0 Å². The summed E-state index contributed by atoms with van der Waals surface area (Å²) in [7, 11) is 1.62. The molecule has 0 spiro atoms. The molecule has 2 amide bonds. The molecule has 0 saturated heterocycles. The fraction of sp³-hybridized carbons (Fsp3) is 0.280. The summed E-state index contributed by atoms with van der Waals surface area (Å²) in [6.07, 6.45) is 2.33. The molecule has 0 fully saturated rings. The van der Waals surface area contributed by atoms with E-state index in [2.05, 4.69) is 31.2 Å². The van der Waals surface area contributed by atoms with Gasteiger partial charge in [0.1, 0.15) is 29.3 Å². The molecule has 1 atom stereocenters. The van der Waals surface area contributed by atoms with Crippen LogP contribution < -0.4 is 10.1 Å². The van der Waals surface area contributed by atoms with Gasteiger partial charge in [-0.3, -0.25) is 14.5 Å². The van der Waals surface area contributed by atoms with Gasteiger partial charge in [-0.25, -0.2) is 19.2 Å². The number of imidazole rings is 1. The summed E-state index contributed by atoms with van der Waals surface area (Å²) < 4.78 is 28.8. The van der Waals surface area contributed by atoms with E-state index in [1.54, 1.807) is 32.2 Å². The van der Waals surface area contributed by atoms with Crippen molar-refractivity contribution >= 4 is 50.3 Å². The van der Waals surface area contributed by atoms with E-state index in [0.29, 0.717) is 16.8 Å². The summed E-state index contributed by atoms with van der Waals surface area (Å²) in [5, 5.41) is 2.60. The van der Waals surface area contributed by atoms with Crippen molar-refractivity contribution in [2.45, 2.75) is 32.4 Å². The minimum Gasteiger partial charge on any atom is -0.491 e. The molecule has 1 aliphatic heterocycles. The predicted octanol–water partition coefficient (Wildman–Crippen LogP) is 5.34. The first-order valence-electron chi connectivity index (χ1n) is 11.2. The molecule has 5 rings (SSSR count). The highest BCUT2D eigenvalue weighted by molar-refractivity contribution is 9.10. The third-order valence-electron chi connectivity index (χ3n) is 5.81. The monoisotopic (exact) mass is 555 g/mol. The summed E-state index contributed by atoms with van der Waals surface area (Å²) in [4.78, 5) is 35.7. The van der Waals surface area contributed by atoms with Gasteiger partial charge in [0.05, 0.1) is 35.2 Å². The Hall–Kier alpha value is -3.73. The molecule has 1 N–H and O–H groups in total. The SMILES string of the molecule is CN(C(=O)c1cc2c(cc1F)nc(NC(=O)OC(C)(C)C)c1cncn12)[C@@H]1COc2cc(Br)ccc21. The molecule has 0 bridgehead atoms. The van der Waals surface area contributed by atoms with Crippen LogP contribution in [-0.2, 0) is 4.74 Å². The summed E-state index contributed by atoms with van der Waals surface area (Å²) >= 11 is 3.41. The van der Waals surface area contributed by atoms with Gasteiger partial charge in [0.15, 0.2) is 5.82 Å². The van der Waals surface area contributed by atoms with Gasteiger partial charge in [0.2, 0.25) is 0 Å². The lowest BCUT2D eigenvalue weighted by Gasteiger charge is -2.24. The van der Waals surface area contributed by atoms with E-state index in [-0.39, 0.29) is 29.5 Å². The van der Waals surface area contributed by atoms with Crippen LogP contribution in [0.15, 0.2) is 47.3 Å². The number of nitrogens with one attached hydrogen (secondary N) is 1. The lowest BCUT2D eigenvalue weighted by molar-refractivity contribution is 0.0634. The average Bonchev–Trinajstić information content (AvgIpc) is 3.44. The zero-order chi connectivity index (χ0) is 25.8. The molecule has 2 aromatic carbocycles. The fourth-order valence-corrected chi connectivity index (χ4v) is 4.49. The van der Waals surface area contributed by atoms with Crippen LogP contribution in [0.25, 0.3) is 16.6 Å². The number of ether oxygens (including phenoxy) is 2. The van der Waals surface area contributed by atoms with Crippen molar-refractivity contribution in [2.24, 2.45) is 0 Å². The zero-order valence-electron chi connectivity index (χ0n) is 20.0. The number of aromatic nitrogens is 3. The van der Waals surface area contributed by atoms with Gasteiger partial charge < -0.3 is 14.4 Å². The molecular weight excluding hydrogens is 533 g/mol. The van der Waals surface area contributed by atoms with E-state index in [1.807, 2.05) is 18.2 Å². The molecule has 9 nitrogen and oxygen atoms in total. The number of fused-ring (bicyclic) bond motifs is 4. The van der Waals surface area contributed by atoms with Gasteiger partial charge in [-0.2, -0.15) is 0 Å². The Morgan fingerprint density at radius 1 is 1.25 bits per heavy atom. The van der Waals surface area contributed by atoms with E-state index in [0.717, 1.165) is 10.0 Å². The van der Waals surface area contributed by atoms with E-state index < -0.39 is 23.4 Å². The van der Waals surface area contributed by atoms with Crippen molar-refractivity contribution in [3.05, 3.63) is 64.3 Å².